The molecule has 23 heavy (non-hydrogen) atoms. The molecular formula is C19H35IO2Si. The van der Waals surface area contributed by atoms with Gasteiger partial charge in [0.15, 0.2) is 0 Å². The Balaban J connectivity index is 4.20. The normalized spacial score (nSPS) is 12.8. The fourth-order valence-electron chi connectivity index (χ4n) is 2.27. The molecule has 4 heteroatoms. The van der Waals surface area contributed by atoms with E-state index in [9.17, 15) is 4.79 Å². The summed E-state index contributed by atoms with van der Waals surface area (Å²) in [6.45, 7) is 9.89. The third-order valence-electron chi connectivity index (χ3n) is 3.33. The molecule has 0 amide bonds. The third-order valence-corrected chi connectivity index (χ3v) is 5.33. The van der Waals surface area contributed by atoms with Gasteiger partial charge in [0.2, 0.25) is 0 Å². The van der Waals surface area contributed by atoms with Crippen LogP contribution in [0.4, 0.5) is 0 Å². The zero-order valence-corrected chi connectivity index (χ0v) is 18.7. The number of allylic oxidation sites excluding steroid dienone is 2. The minimum Gasteiger partial charge on any atom is -0.465 e. The summed E-state index contributed by atoms with van der Waals surface area (Å²) in [7, 11) is -1.19. The molecule has 0 rings (SSSR count). The third kappa shape index (κ3) is 16.5. The van der Waals surface area contributed by atoms with Crippen LogP contribution in [-0.4, -0.2) is 25.1 Å². The highest BCUT2D eigenvalue weighted by Crippen LogP contribution is 2.16. The first kappa shape index (κ1) is 22.9. The first-order valence-electron chi connectivity index (χ1n) is 8.99. The molecule has 0 saturated carbocycles. The Hall–Kier alpha value is -0.103. The summed E-state index contributed by atoms with van der Waals surface area (Å²) >= 11 is 2.28. The lowest BCUT2D eigenvalue weighted by molar-refractivity contribution is -0.143. The summed E-state index contributed by atoms with van der Waals surface area (Å²) in [5.41, 5.74) is 3.97. The number of ether oxygens (including phenoxy) is 1. The highest BCUT2D eigenvalue weighted by Gasteiger charge is 2.09. The molecule has 0 radical (unpaired) electrons. The molecule has 2 nitrogen and oxygen atoms in total. The largest absolute Gasteiger partial charge is 0.465 e. The van der Waals surface area contributed by atoms with Gasteiger partial charge in [-0.2, -0.15) is 0 Å². The first-order chi connectivity index (χ1) is 10.9. The predicted molar refractivity (Wildman–Crippen MR) is 113 cm³/mol. The number of carbonyl (C=O) groups is 1. The van der Waals surface area contributed by atoms with Crippen molar-refractivity contribution in [2.24, 2.45) is 0 Å². The molecule has 0 N–H and O–H groups in total. The van der Waals surface area contributed by atoms with E-state index in [2.05, 4.69) is 67.0 Å². The summed E-state index contributed by atoms with van der Waals surface area (Å²) in [5.74, 6) is -0.0625. The first-order valence-corrected chi connectivity index (χ1v) is 14.1. The number of hydrogen-bond donors (Lipinski definition) is 0. The average Bonchev–Trinajstić information content (AvgIpc) is 2.47. The lowest BCUT2D eigenvalue weighted by Crippen LogP contribution is -2.16. The summed E-state index contributed by atoms with van der Waals surface area (Å²) < 4.78 is 6.25. The van der Waals surface area contributed by atoms with Gasteiger partial charge in [-0.25, -0.2) is 0 Å². The number of esters is 1. The number of unbranched alkanes of at least 4 members (excludes halogenated alkanes) is 3. The molecule has 0 spiro atoms. The minimum absolute atomic E-state index is 0.0625. The maximum atomic E-state index is 11.4. The highest BCUT2D eigenvalue weighted by atomic mass is 127. The number of rotatable bonds is 13. The number of carbonyl (C=O) groups excluding carboxylic acids is 1. The van der Waals surface area contributed by atoms with Crippen LogP contribution >= 0.6 is 22.6 Å². The van der Waals surface area contributed by atoms with Gasteiger partial charge >= 0.3 is 5.97 Å². The van der Waals surface area contributed by atoms with Crippen molar-refractivity contribution in [3.05, 3.63) is 23.4 Å². The fraction of sp³-hybridized carbons (Fsp3) is 0.737. The Morgan fingerprint density at radius 1 is 1.09 bits per heavy atom. The number of halogens is 1. The Kier molecular flexibility index (Phi) is 14.2. The SMILES string of the molecule is CCCCCCC(C=CCCOC(=O)CCCI)=C[Si](C)(C)C. The molecule has 0 aromatic rings. The van der Waals surface area contributed by atoms with E-state index >= 15 is 0 Å². The Labute approximate surface area is 158 Å². The lowest BCUT2D eigenvalue weighted by atomic mass is 10.1. The van der Waals surface area contributed by atoms with Gasteiger partial charge in [-0.05, 0) is 25.7 Å². The molecule has 0 fully saturated rings. The summed E-state index contributed by atoms with van der Waals surface area (Å²) in [5, 5.41) is 0. The van der Waals surface area contributed by atoms with E-state index in [1.54, 1.807) is 0 Å². The van der Waals surface area contributed by atoms with E-state index in [4.69, 9.17) is 4.74 Å². The molecule has 0 aliphatic rings. The van der Waals surface area contributed by atoms with Gasteiger partial charge < -0.3 is 4.74 Å². The monoisotopic (exact) mass is 450 g/mol. The van der Waals surface area contributed by atoms with Crippen molar-refractivity contribution in [3.8, 4) is 0 Å². The van der Waals surface area contributed by atoms with Gasteiger partial charge in [-0.1, -0.05) is 91.8 Å². The molecule has 0 saturated heterocycles. The molecule has 134 valence electrons. The van der Waals surface area contributed by atoms with E-state index in [0.29, 0.717) is 13.0 Å². The molecule has 0 atom stereocenters. The Morgan fingerprint density at radius 3 is 2.43 bits per heavy atom. The van der Waals surface area contributed by atoms with E-state index < -0.39 is 8.07 Å². The van der Waals surface area contributed by atoms with Gasteiger partial charge in [0, 0.05) is 10.8 Å². The van der Waals surface area contributed by atoms with Crippen LogP contribution in [0, 0.1) is 0 Å². The zero-order chi connectivity index (χ0) is 17.6. The molecular weight excluding hydrogens is 415 g/mol. The van der Waals surface area contributed by atoms with Gasteiger partial charge in [0.25, 0.3) is 0 Å². The molecule has 0 aromatic heterocycles. The van der Waals surface area contributed by atoms with Gasteiger partial charge in [-0.3, -0.25) is 4.79 Å². The van der Waals surface area contributed by atoms with E-state index in [-0.39, 0.29) is 5.97 Å². The predicted octanol–water partition coefficient (Wildman–Crippen LogP) is 6.47. The molecule has 0 bridgehead atoms. The maximum absolute atomic E-state index is 11.4. The Morgan fingerprint density at radius 2 is 1.83 bits per heavy atom. The second-order valence-electron chi connectivity index (χ2n) is 7.10. The van der Waals surface area contributed by atoms with E-state index in [1.165, 1.54) is 37.7 Å². The van der Waals surface area contributed by atoms with Gasteiger partial charge in [-0.15, -0.1) is 0 Å². The number of hydrogen-bond acceptors (Lipinski definition) is 2. The molecule has 0 aliphatic carbocycles. The molecule has 0 heterocycles. The van der Waals surface area contributed by atoms with Crippen LogP contribution < -0.4 is 0 Å². The van der Waals surface area contributed by atoms with Crippen LogP contribution in [0.25, 0.3) is 0 Å². The maximum Gasteiger partial charge on any atom is 0.305 e. The van der Waals surface area contributed by atoms with Crippen molar-refractivity contribution in [1.29, 1.82) is 0 Å². The van der Waals surface area contributed by atoms with Crippen LogP contribution in [0.2, 0.25) is 19.6 Å². The minimum atomic E-state index is -1.19. The second kappa shape index (κ2) is 14.3. The quantitative estimate of drug-likeness (QED) is 0.0803. The molecule has 0 aliphatic heterocycles. The number of alkyl halides is 1. The van der Waals surface area contributed by atoms with Crippen molar-refractivity contribution in [2.75, 3.05) is 11.0 Å². The summed E-state index contributed by atoms with van der Waals surface area (Å²) in [4.78, 5) is 11.4. The van der Waals surface area contributed by atoms with Crippen molar-refractivity contribution in [1.82, 2.24) is 0 Å². The molecule has 0 unspecified atom stereocenters. The van der Waals surface area contributed by atoms with E-state index in [0.717, 1.165) is 17.3 Å². The van der Waals surface area contributed by atoms with Gasteiger partial charge in [0.1, 0.15) is 0 Å². The van der Waals surface area contributed by atoms with Crippen molar-refractivity contribution < 1.29 is 9.53 Å². The van der Waals surface area contributed by atoms with Crippen molar-refractivity contribution in [3.63, 3.8) is 0 Å². The van der Waals surface area contributed by atoms with Crippen molar-refractivity contribution >= 4 is 36.6 Å². The second-order valence-corrected chi connectivity index (χ2v) is 13.2. The van der Waals surface area contributed by atoms with Gasteiger partial charge in [0.05, 0.1) is 14.7 Å². The standard InChI is InChI=1S/C19H35IO2Si/c1-5-6-7-8-12-18(17-23(2,3)4)13-9-10-16-22-19(21)14-11-15-20/h9,13,17H,5-8,10-12,14-16H2,1-4H3. The molecule has 0 aromatic carbocycles. The Bertz CT molecular complexity index is 370. The fourth-order valence-corrected chi connectivity index (χ4v) is 4.01. The zero-order valence-electron chi connectivity index (χ0n) is 15.5. The summed E-state index contributed by atoms with van der Waals surface area (Å²) in [6.07, 6.45) is 13.1. The van der Waals surface area contributed by atoms with Crippen molar-refractivity contribution in [2.45, 2.75) is 77.9 Å². The van der Waals surface area contributed by atoms with Crippen LogP contribution in [0.1, 0.15) is 58.3 Å². The summed E-state index contributed by atoms with van der Waals surface area (Å²) in [6, 6.07) is 0. The van der Waals surface area contributed by atoms with Crippen LogP contribution in [0.5, 0.6) is 0 Å². The van der Waals surface area contributed by atoms with Crippen LogP contribution in [0.15, 0.2) is 23.4 Å². The highest BCUT2D eigenvalue weighted by molar-refractivity contribution is 14.1. The topological polar surface area (TPSA) is 26.3 Å². The smallest absolute Gasteiger partial charge is 0.305 e. The average molecular weight is 450 g/mol. The van der Waals surface area contributed by atoms with E-state index in [1.807, 2.05) is 0 Å². The van der Waals surface area contributed by atoms with Crippen LogP contribution in [0.3, 0.4) is 0 Å². The van der Waals surface area contributed by atoms with Crippen LogP contribution in [-0.2, 0) is 9.53 Å². The lowest BCUT2D eigenvalue weighted by Gasteiger charge is -2.12.